The number of rotatable bonds is 9. The van der Waals surface area contributed by atoms with Crippen LogP contribution in [-0.2, 0) is 20.2 Å². The van der Waals surface area contributed by atoms with Crippen LogP contribution in [0.2, 0.25) is 0 Å². The average Bonchev–Trinajstić information content (AvgIpc) is 2.79. The van der Waals surface area contributed by atoms with E-state index in [2.05, 4.69) is 53.9 Å². The van der Waals surface area contributed by atoms with Gasteiger partial charge in [-0.15, -0.1) is 0 Å². The molecule has 0 spiro atoms. The highest BCUT2D eigenvalue weighted by atomic mass is 127. The van der Waals surface area contributed by atoms with Gasteiger partial charge in [-0.05, 0) is 83.3 Å². The van der Waals surface area contributed by atoms with E-state index in [1.165, 1.54) is 22.0 Å². The van der Waals surface area contributed by atoms with E-state index in [0.29, 0.717) is 5.69 Å². The second-order valence-corrected chi connectivity index (χ2v) is 11.8. The summed E-state index contributed by atoms with van der Waals surface area (Å²) in [5, 5.41) is 2.99. The number of nitrogens with zero attached hydrogens (tertiary/aromatic N) is 1. The zero-order valence-electron chi connectivity index (χ0n) is 19.0. The number of hydrogen-bond acceptors (Lipinski definition) is 3. The average molecular weight is 577 g/mol. The highest BCUT2D eigenvalue weighted by Crippen LogP contribution is 2.28. The lowest BCUT2D eigenvalue weighted by Crippen LogP contribution is -2.45. The van der Waals surface area contributed by atoms with E-state index in [9.17, 15) is 13.2 Å². The maximum atomic E-state index is 13.4. The van der Waals surface area contributed by atoms with Crippen molar-refractivity contribution in [3.8, 4) is 0 Å². The summed E-state index contributed by atoms with van der Waals surface area (Å²) in [4.78, 5) is 13.1. The van der Waals surface area contributed by atoms with Crippen molar-refractivity contribution in [2.24, 2.45) is 0 Å². The Morgan fingerprint density at radius 3 is 2.06 bits per heavy atom. The van der Waals surface area contributed by atoms with Crippen molar-refractivity contribution >= 4 is 44.2 Å². The molecule has 0 radical (unpaired) electrons. The monoisotopic (exact) mass is 576 g/mol. The Morgan fingerprint density at radius 2 is 1.48 bits per heavy atom. The largest absolute Gasteiger partial charge is 0.352 e. The third-order valence-electron chi connectivity index (χ3n) is 5.51. The van der Waals surface area contributed by atoms with Crippen molar-refractivity contribution in [1.82, 2.24) is 5.32 Å². The normalized spacial score (nSPS) is 12.7. The SMILES string of the molecule is CC(CC(C)(C)c1ccccc1)NC(=O)CN(c1ccc(I)cc1)S(=O)(=O)c1ccccc1. The quantitative estimate of drug-likeness (QED) is 0.349. The number of carbonyl (C=O) groups is 1. The summed E-state index contributed by atoms with van der Waals surface area (Å²) in [6, 6.07) is 25.3. The molecule has 1 unspecified atom stereocenters. The molecule has 0 saturated heterocycles. The Hall–Kier alpha value is -2.39. The number of amides is 1. The molecule has 0 bridgehead atoms. The zero-order valence-corrected chi connectivity index (χ0v) is 22.0. The number of halogens is 1. The van der Waals surface area contributed by atoms with Gasteiger partial charge in [-0.3, -0.25) is 9.10 Å². The van der Waals surface area contributed by atoms with Crippen molar-refractivity contribution in [3.63, 3.8) is 0 Å². The van der Waals surface area contributed by atoms with Gasteiger partial charge in [0.2, 0.25) is 5.91 Å². The van der Waals surface area contributed by atoms with Crippen LogP contribution in [0.3, 0.4) is 0 Å². The maximum Gasteiger partial charge on any atom is 0.264 e. The second kappa shape index (κ2) is 10.7. The first-order valence-electron chi connectivity index (χ1n) is 10.8. The molecule has 33 heavy (non-hydrogen) atoms. The Morgan fingerprint density at radius 1 is 0.939 bits per heavy atom. The molecule has 5 nitrogen and oxygen atoms in total. The van der Waals surface area contributed by atoms with Crippen molar-refractivity contribution in [2.45, 2.75) is 43.5 Å². The topological polar surface area (TPSA) is 66.5 Å². The van der Waals surface area contributed by atoms with E-state index < -0.39 is 10.0 Å². The van der Waals surface area contributed by atoms with Crippen LogP contribution >= 0.6 is 22.6 Å². The van der Waals surface area contributed by atoms with Gasteiger partial charge in [0.05, 0.1) is 10.6 Å². The summed E-state index contributed by atoms with van der Waals surface area (Å²) in [5.74, 6) is -0.343. The van der Waals surface area contributed by atoms with Crippen LogP contribution in [0.5, 0.6) is 0 Å². The standard InChI is InChI=1S/C26H29IN2O3S/c1-20(18-26(2,3)21-10-6-4-7-11-21)28-25(30)19-29(23-16-14-22(27)15-17-23)33(31,32)24-12-8-5-9-13-24/h4-17,20H,18-19H2,1-3H3,(H,28,30). The first-order valence-corrected chi connectivity index (χ1v) is 13.3. The molecule has 0 heterocycles. The van der Waals surface area contributed by atoms with Gasteiger partial charge in [0.1, 0.15) is 6.54 Å². The number of carbonyl (C=O) groups excluding carboxylic acids is 1. The van der Waals surface area contributed by atoms with Crippen molar-refractivity contribution in [1.29, 1.82) is 0 Å². The zero-order chi connectivity index (χ0) is 24.1. The fraction of sp³-hybridized carbons (Fsp3) is 0.269. The Kier molecular flexibility index (Phi) is 8.18. The summed E-state index contributed by atoms with van der Waals surface area (Å²) < 4.78 is 28.9. The minimum atomic E-state index is -3.91. The molecule has 174 valence electrons. The van der Waals surface area contributed by atoms with Gasteiger partial charge in [0.15, 0.2) is 0 Å². The summed E-state index contributed by atoms with van der Waals surface area (Å²) in [7, 11) is -3.91. The van der Waals surface area contributed by atoms with Gasteiger partial charge in [0.25, 0.3) is 10.0 Å². The Labute approximate surface area is 210 Å². The van der Waals surface area contributed by atoms with Crippen LogP contribution in [0, 0.1) is 3.57 Å². The molecule has 0 saturated carbocycles. The molecule has 0 aromatic heterocycles. The lowest BCUT2D eigenvalue weighted by atomic mass is 9.79. The van der Waals surface area contributed by atoms with E-state index in [0.717, 1.165) is 9.99 Å². The smallest absolute Gasteiger partial charge is 0.264 e. The van der Waals surface area contributed by atoms with Crippen molar-refractivity contribution in [3.05, 3.63) is 94.1 Å². The number of benzene rings is 3. The van der Waals surface area contributed by atoms with E-state index in [1.54, 1.807) is 30.3 Å². The fourth-order valence-corrected chi connectivity index (χ4v) is 5.72. The van der Waals surface area contributed by atoms with Crippen LogP contribution in [0.25, 0.3) is 0 Å². The van der Waals surface area contributed by atoms with Crippen molar-refractivity contribution < 1.29 is 13.2 Å². The summed E-state index contributed by atoms with van der Waals surface area (Å²) >= 11 is 2.16. The predicted molar refractivity (Wildman–Crippen MR) is 142 cm³/mol. The Bertz CT molecular complexity index is 1170. The van der Waals surface area contributed by atoms with Crippen LogP contribution < -0.4 is 9.62 Å². The van der Waals surface area contributed by atoms with E-state index in [-0.39, 0.29) is 28.8 Å². The van der Waals surface area contributed by atoms with Gasteiger partial charge in [-0.25, -0.2) is 8.42 Å². The Balaban J connectivity index is 1.78. The highest BCUT2D eigenvalue weighted by Gasteiger charge is 2.29. The predicted octanol–water partition coefficient (Wildman–Crippen LogP) is 5.36. The summed E-state index contributed by atoms with van der Waals surface area (Å²) in [6.07, 6.45) is 0.720. The van der Waals surface area contributed by atoms with Crippen molar-refractivity contribution in [2.75, 3.05) is 10.8 Å². The third-order valence-corrected chi connectivity index (χ3v) is 8.02. The maximum absolute atomic E-state index is 13.4. The van der Waals surface area contributed by atoms with Gasteiger partial charge in [0, 0.05) is 9.61 Å². The molecule has 0 aliphatic heterocycles. The van der Waals surface area contributed by atoms with Gasteiger partial charge < -0.3 is 5.32 Å². The van der Waals surface area contributed by atoms with Gasteiger partial charge in [-0.2, -0.15) is 0 Å². The van der Waals surface area contributed by atoms with E-state index in [1.807, 2.05) is 37.3 Å². The lowest BCUT2D eigenvalue weighted by Gasteiger charge is -2.30. The van der Waals surface area contributed by atoms with E-state index in [4.69, 9.17) is 0 Å². The molecule has 7 heteroatoms. The molecule has 0 aliphatic carbocycles. The number of sulfonamides is 1. The second-order valence-electron chi connectivity index (χ2n) is 8.72. The third kappa shape index (κ3) is 6.57. The number of hydrogen-bond donors (Lipinski definition) is 1. The molecule has 1 atom stereocenters. The minimum absolute atomic E-state index is 0.134. The molecular weight excluding hydrogens is 547 g/mol. The van der Waals surface area contributed by atoms with Crippen LogP contribution in [-0.4, -0.2) is 26.9 Å². The molecular formula is C26H29IN2O3S. The minimum Gasteiger partial charge on any atom is -0.352 e. The molecule has 3 aromatic carbocycles. The highest BCUT2D eigenvalue weighted by molar-refractivity contribution is 14.1. The molecule has 1 amide bonds. The van der Waals surface area contributed by atoms with Crippen LogP contribution in [0.1, 0.15) is 32.8 Å². The fourth-order valence-electron chi connectivity index (χ4n) is 3.92. The molecule has 0 aliphatic rings. The summed E-state index contributed by atoms with van der Waals surface area (Å²) in [5.41, 5.74) is 1.50. The molecule has 0 fully saturated rings. The van der Waals surface area contributed by atoms with Crippen LogP contribution in [0.4, 0.5) is 5.69 Å². The molecule has 3 rings (SSSR count). The molecule has 3 aromatic rings. The first kappa shape index (κ1) is 25.2. The first-order chi connectivity index (χ1) is 15.6. The van der Waals surface area contributed by atoms with E-state index >= 15 is 0 Å². The molecule has 1 N–H and O–H groups in total. The van der Waals surface area contributed by atoms with Crippen LogP contribution in [0.15, 0.2) is 89.8 Å². The number of anilines is 1. The van der Waals surface area contributed by atoms with Gasteiger partial charge in [-0.1, -0.05) is 62.4 Å². The number of nitrogens with one attached hydrogen (secondary N) is 1. The summed E-state index contributed by atoms with van der Waals surface area (Å²) in [6.45, 7) is 5.93. The lowest BCUT2D eigenvalue weighted by molar-refractivity contribution is -0.120. The van der Waals surface area contributed by atoms with Gasteiger partial charge >= 0.3 is 0 Å².